The third-order valence-electron chi connectivity index (χ3n) is 11.7. The first-order valence-electron chi connectivity index (χ1n) is 22.1. The number of halogens is 1. The number of Topliss-reactive ketones (excluding diaryl/α,β-unsaturated/α-hetero) is 3. The van der Waals surface area contributed by atoms with Gasteiger partial charge < -0.3 is 42.6 Å². The van der Waals surface area contributed by atoms with Crippen molar-refractivity contribution in [1.29, 1.82) is 0 Å². The van der Waals surface area contributed by atoms with E-state index in [1.165, 1.54) is 31.9 Å². The van der Waals surface area contributed by atoms with E-state index in [9.17, 15) is 33.9 Å². The molecule has 0 aliphatic carbocycles. The Balaban J connectivity index is 1.64. The Morgan fingerprint density at radius 1 is 0.924 bits per heavy atom. The molecular weight excluding hydrogens is 860 g/mol. The van der Waals surface area contributed by atoms with Gasteiger partial charge in [-0.05, 0) is 91.9 Å². The Morgan fingerprint density at radius 2 is 1.61 bits per heavy atom. The zero-order valence-corrected chi connectivity index (χ0v) is 38.6. The highest BCUT2D eigenvalue weighted by molar-refractivity contribution is 6.30. The highest BCUT2D eigenvalue weighted by Gasteiger charge is 2.37. The average Bonchev–Trinajstić information content (AvgIpc) is 3.29. The van der Waals surface area contributed by atoms with Gasteiger partial charge in [0.25, 0.3) is 0 Å². The number of rotatable bonds is 16. The zero-order chi connectivity index (χ0) is 48.1. The number of hydrogen-bond donors (Lipinski definition) is 6. The summed E-state index contributed by atoms with van der Waals surface area (Å²) in [5.74, 6) is 1.23. The Morgan fingerprint density at radius 3 is 2.24 bits per heavy atom. The summed E-state index contributed by atoms with van der Waals surface area (Å²) in [6.07, 6.45) is 0.842. The van der Waals surface area contributed by atoms with E-state index < -0.39 is 53.5 Å². The standard InChI is InChI=1S/C51H59ClN6O8/c1-30-24-46(62)47(58(4)51(65)38(8-5-6-20-53)29-45(61)36-13-11-34(12-14-36)35-15-17-40(52)18-16-35)39-27-37(9-7-21-54)48(66-23-22-55)42(28-39)41-25-33(10-19-44(41)60)26-43(57-49(30)63)50(64)56-31(2)32(3)59/h10-19,25,27-28,30-31,38,43,47,60H,5-6,8,20-24,26,29,53-55H2,1-4H3,(H,56,64)(H,57,63)/t30-,31+,38-,43+,47+/m1/s1. The number of nitrogens with one attached hydrogen (secondary N) is 2. The molecule has 0 fully saturated rings. The van der Waals surface area contributed by atoms with Crippen molar-refractivity contribution in [2.24, 2.45) is 29.0 Å². The van der Waals surface area contributed by atoms with Gasteiger partial charge >= 0.3 is 0 Å². The first-order chi connectivity index (χ1) is 31.6. The Labute approximate surface area is 391 Å². The summed E-state index contributed by atoms with van der Waals surface area (Å²) in [4.78, 5) is 84.9. The number of fused-ring (bicyclic) bond motifs is 5. The monoisotopic (exact) mass is 918 g/mol. The molecule has 3 amide bonds. The number of unbranched alkanes of at least 4 members (excludes halogenated alkanes) is 1. The minimum absolute atomic E-state index is 0.0297. The number of likely N-dealkylation sites (N-methyl/N-ethyl adjacent to an activating group) is 1. The van der Waals surface area contributed by atoms with Gasteiger partial charge in [0.1, 0.15) is 30.2 Å². The van der Waals surface area contributed by atoms with Crippen molar-refractivity contribution in [2.75, 3.05) is 33.3 Å². The molecule has 9 N–H and O–H groups in total. The molecule has 4 aromatic carbocycles. The van der Waals surface area contributed by atoms with Crippen LogP contribution in [0.25, 0.3) is 22.3 Å². The number of phenols is 1. The van der Waals surface area contributed by atoms with E-state index >= 15 is 0 Å². The normalized spacial score (nSPS) is 16.9. The van der Waals surface area contributed by atoms with Crippen LogP contribution in [0.15, 0.2) is 78.9 Å². The molecule has 348 valence electrons. The molecule has 15 heteroatoms. The molecule has 5 rings (SSSR count). The summed E-state index contributed by atoms with van der Waals surface area (Å²) in [5.41, 5.74) is 21.4. The average molecular weight is 920 g/mol. The van der Waals surface area contributed by atoms with Crippen LogP contribution in [0.5, 0.6) is 11.5 Å². The van der Waals surface area contributed by atoms with Crippen LogP contribution in [-0.4, -0.2) is 90.5 Å². The number of carbonyl (C=O) groups is 6. The zero-order valence-electron chi connectivity index (χ0n) is 37.8. The smallest absolute Gasteiger partial charge is 0.243 e. The fourth-order valence-corrected chi connectivity index (χ4v) is 8.02. The van der Waals surface area contributed by atoms with Gasteiger partial charge in [0.2, 0.25) is 17.7 Å². The SMILES string of the molecule is CC(=O)[C@H](C)NC(=O)[C@@H]1Cc2ccc(O)c(c2)-c2cc(cc(C#CCN)c2OCCN)[C@H](N(C)C(=O)[C@H](CCCCN)CC(=O)c2ccc(-c3ccc(Cl)cc3)cc2)C(=O)C[C@@H](C)C(=O)N1. The molecule has 0 saturated heterocycles. The number of ketones is 3. The molecule has 0 aromatic heterocycles. The van der Waals surface area contributed by atoms with Crippen LogP contribution in [0.4, 0.5) is 0 Å². The summed E-state index contributed by atoms with van der Waals surface area (Å²) in [5, 5.41) is 17.5. The summed E-state index contributed by atoms with van der Waals surface area (Å²) in [6.45, 7) is 4.93. The fourth-order valence-electron chi connectivity index (χ4n) is 7.89. The predicted octanol–water partition coefficient (Wildman–Crippen LogP) is 5.27. The second-order valence-corrected chi connectivity index (χ2v) is 17.1. The largest absolute Gasteiger partial charge is 0.507 e. The minimum Gasteiger partial charge on any atom is -0.507 e. The maximum Gasteiger partial charge on any atom is 0.243 e. The number of benzene rings is 4. The van der Waals surface area contributed by atoms with Crippen LogP contribution in [0.3, 0.4) is 0 Å². The van der Waals surface area contributed by atoms with E-state index in [0.717, 1.165) is 11.1 Å². The van der Waals surface area contributed by atoms with E-state index in [0.29, 0.717) is 53.1 Å². The van der Waals surface area contributed by atoms with Gasteiger partial charge in [-0.3, -0.25) is 28.8 Å². The Bertz CT molecular complexity index is 2480. The molecular formula is C51H59ClN6O8. The van der Waals surface area contributed by atoms with Gasteiger partial charge in [-0.15, -0.1) is 0 Å². The summed E-state index contributed by atoms with van der Waals surface area (Å²) >= 11 is 6.08. The number of nitrogens with zero attached hydrogens (tertiary/aromatic N) is 1. The number of amides is 3. The lowest BCUT2D eigenvalue weighted by molar-refractivity contribution is -0.142. The van der Waals surface area contributed by atoms with Gasteiger partial charge in [0, 0.05) is 66.4 Å². The molecule has 1 aliphatic heterocycles. The number of ether oxygens (including phenoxy) is 1. The maximum atomic E-state index is 15.0. The van der Waals surface area contributed by atoms with Crippen molar-refractivity contribution in [3.05, 3.63) is 106 Å². The van der Waals surface area contributed by atoms with Gasteiger partial charge in [-0.2, -0.15) is 0 Å². The van der Waals surface area contributed by atoms with E-state index in [2.05, 4.69) is 22.5 Å². The van der Waals surface area contributed by atoms with Crippen molar-refractivity contribution >= 4 is 46.7 Å². The number of nitrogens with two attached hydrogens (primary N) is 3. The molecule has 14 nitrogen and oxygen atoms in total. The lowest BCUT2D eigenvalue weighted by Gasteiger charge is -2.32. The topological polar surface area (TPSA) is 237 Å². The molecule has 1 heterocycles. The minimum atomic E-state index is -1.34. The molecule has 66 heavy (non-hydrogen) atoms. The molecule has 5 atom stereocenters. The number of carbonyl (C=O) groups excluding carboxylic acids is 6. The quantitative estimate of drug-likeness (QED) is 0.0481. The molecule has 4 aromatic rings. The van der Waals surface area contributed by atoms with Crippen LogP contribution in [0, 0.1) is 23.7 Å². The highest BCUT2D eigenvalue weighted by Crippen LogP contribution is 2.42. The summed E-state index contributed by atoms with van der Waals surface area (Å²) < 4.78 is 6.21. The second-order valence-electron chi connectivity index (χ2n) is 16.7. The first-order valence-corrected chi connectivity index (χ1v) is 22.5. The van der Waals surface area contributed by atoms with E-state index in [-0.39, 0.29) is 73.2 Å². The van der Waals surface area contributed by atoms with Crippen molar-refractivity contribution in [3.63, 3.8) is 0 Å². The Hall–Kier alpha value is -6.37. The van der Waals surface area contributed by atoms with Crippen LogP contribution in [0.2, 0.25) is 5.02 Å². The lowest BCUT2D eigenvalue weighted by Crippen LogP contribution is -2.52. The lowest BCUT2D eigenvalue weighted by atomic mass is 9.87. The van der Waals surface area contributed by atoms with E-state index in [1.807, 2.05) is 24.3 Å². The molecule has 0 radical (unpaired) electrons. The van der Waals surface area contributed by atoms with Gasteiger partial charge in [0.15, 0.2) is 17.3 Å². The number of aromatic hydroxyl groups is 1. The fraction of sp³-hybridized carbons (Fsp3) is 0.373. The maximum absolute atomic E-state index is 15.0. The summed E-state index contributed by atoms with van der Waals surface area (Å²) in [7, 11) is 1.48. The molecule has 4 bridgehead atoms. The van der Waals surface area contributed by atoms with E-state index in [1.54, 1.807) is 55.5 Å². The molecule has 0 unspecified atom stereocenters. The molecule has 0 saturated carbocycles. The van der Waals surface area contributed by atoms with Gasteiger partial charge in [-0.25, -0.2) is 0 Å². The third kappa shape index (κ3) is 12.9. The van der Waals surface area contributed by atoms with Crippen LogP contribution in [0.1, 0.15) is 86.0 Å². The van der Waals surface area contributed by atoms with Gasteiger partial charge in [0.05, 0.1) is 18.2 Å². The highest BCUT2D eigenvalue weighted by atomic mass is 35.5. The van der Waals surface area contributed by atoms with Crippen LogP contribution < -0.4 is 32.6 Å². The first kappa shape index (κ1) is 50.6. The third-order valence-corrected chi connectivity index (χ3v) is 11.9. The molecule has 0 spiro atoms. The van der Waals surface area contributed by atoms with Crippen molar-refractivity contribution < 1.29 is 38.6 Å². The van der Waals surface area contributed by atoms with E-state index in [4.69, 9.17) is 33.5 Å². The van der Waals surface area contributed by atoms with Crippen LogP contribution in [-0.2, 0) is 30.4 Å². The number of hydrogen-bond acceptors (Lipinski definition) is 11. The predicted molar refractivity (Wildman–Crippen MR) is 254 cm³/mol. The Kier molecular flexibility index (Phi) is 18.2. The molecule has 1 aliphatic rings. The second kappa shape index (κ2) is 23.7. The number of phenolic OH excluding ortho intramolecular Hbond substituents is 1. The van der Waals surface area contributed by atoms with Crippen molar-refractivity contribution in [1.82, 2.24) is 15.5 Å². The summed E-state index contributed by atoms with van der Waals surface area (Å²) in [6, 6.07) is 19.0. The van der Waals surface area contributed by atoms with Crippen LogP contribution >= 0.6 is 11.6 Å². The van der Waals surface area contributed by atoms with Crippen molar-refractivity contribution in [3.8, 4) is 45.6 Å². The van der Waals surface area contributed by atoms with Crippen molar-refractivity contribution in [2.45, 2.75) is 77.4 Å². The van der Waals surface area contributed by atoms with Gasteiger partial charge in [-0.1, -0.05) is 79.3 Å².